The summed E-state index contributed by atoms with van der Waals surface area (Å²) < 4.78 is 13.7. The molecule has 1 aliphatic heterocycles. The largest absolute Gasteiger partial charge is 0.337 e. The highest BCUT2D eigenvalue weighted by Gasteiger charge is 2.29. The smallest absolute Gasteiger partial charge is 0.224 e. The minimum atomic E-state index is -0.222. The molecule has 2 fully saturated rings. The summed E-state index contributed by atoms with van der Waals surface area (Å²) in [4.78, 5) is 16.4. The molecule has 0 atom stereocenters. The topological polar surface area (TPSA) is 23.6 Å². The number of carbonyl (C=O) groups is 1. The van der Waals surface area contributed by atoms with Gasteiger partial charge in [-0.25, -0.2) is 4.39 Å². The van der Waals surface area contributed by atoms with E-state index in [1.807, 2.05) is 6.07 Å². The third kappa shape index (κ3) is 2.85. The third-order valence-corrected chi connectivity index (χ3v) is 4.53. The van der Waals surface area contributed by atoms with Crippen LogP contribution in [-0.4, -0.2) is 41.4 Å². The summed E-state index contributed by atoms with van der Waals surface area (Å²) in [5.74, 6) is -0.0736. The van der Waals surface area contributed by atoms with Gasteiger partial charge >= 0.3 is 0 Å². The van der Waals surface area contributed by atoms with Crippen molar-refractivity contribution in [1.29, 1.82) is 0 Å². The first-order chi connectivity index (χ1) is 9.74. The van der Waals surface area contributed by atoms with Crippen molar-refractivity contribution in [3.05, 3.63) is 35.6 Å². The number of amides is 1. The number of hydrogen-bond donors (Lipinski definition) is 0. The fraction of sp³-hybridized carbons (Fsp3) is 0.562. The monoisotopic (exact) mass is 276 g/mol. The second-order valence-corrected chi connectivity index (χ2v) is 5.78. The van der Waals surface area contributed by atoms with E-state index in [0.29, 0.717) is 31.1 Å². The average Bonchev–Trinajstić information content (AvgIpc) is 2.55. The van der Waals surface area contributed by atoms with Crippen molar-refractivity contribution in [3.63, 3.8) is 0 Å². The third-order valence-electron chi connectivity index (χ3n) is 4.53. The van der Waals surface area contributed by atoms with Gasteiger partial charge in [0, 0.05) is 44.2 Å². The van der Waals surface area contributed by atoms with Crippen LogP contribution >= 0.6 is 0 Å². The van der Waals surface area contributed by atoms with Crippen molar-refractivity contribution in [2.24, 2.45) is 0 Å². The predicted molar refractivity (Wildman–Crippen MR) is 75.6 cm³/mol. The van der Waals surface area contributed by atoms with Crippen LogP contribution in [0.5, 0.6) is 0 Å². The van der Waals surface area contributed by atoms with Crippen LogP contribution in [0.4, 0.5) is 4.39 Å². The number of rotatable bonds is 3. The molecule has 1 saturated heterocycles. The Labute approximate surface area is 119 Å². The molecule has 108 valence electrons. The fourth-order valence-electron chi connectivity index (χ4n) is 3.00. The van der Waals surface area contributed by atoms with Crippen LogP contribution in [0.3, 0.4) is 0 Å². The maximum atomic E-state index is 13.7. The molecule has 2 aliphatic rings. The SMILES string of the molecule is O=C1CCN(C2CCC2)CCN1Cc1ccccc1F. The molecule has 1 aromatic rings. The predicted octanol–water partition coefficient (Wildman–Crippen LogP) is 2.41. The standard InChI is InChI=1S/C16H21FN2O/c17-15-7-2-1-4-13(15)12-19-11-10-18(9-8-16(19)20)14-5-3-6-14/h1-2,4,7,14H,3,5-6,8-12H2. The highest BCUT2D eigenvalue weighted by atomic mass is 19.1. The van der Waals surface area contributed by atoms with Crippen LogP contribution in [0.2, 0.25) is 0 Å². The first-order valence-electron chi connectivity index (χ1n) is 7.49. The van der Waals surface area contributed by atoms with Crippen LogP contribution in [-0.2, 0) is 11.3 Å². The Hall–Kier alpha value is -1.42. The van der Waals surface area contributed by atoms with Crippen LogP contribution in [0.15, 0.2) is 24.3 Å². The van der Waals surface area contributed by atoms with Crippen LogP contribution in [0, 0.1) is 5.82 Å². The second kappa shape index (κ2) is 5.92. The van der Waals surface area contributed by atoms with E-state index in [2.05, 4.69) is 4.90 Å². The van der Waals surface area contributed by atoms with Crippen LogP contribution in [0.25, 0.3) is 0 Å². The number of nitrogens with zero attached hydrogens (tertiary/aromatic N) is 2. The van der Waals surface area contributed by atoms with E-state index in [1.165, 1.54) is 25.3 Å². The van der Waals surface area contributed by atoms with Crippen molar-refractivity contribution >= 4 is 5.91 Å². The molecule has 1 aromatic carbocycles. The van der Waals surface area contributed by atoms with Crippen molar-refractivity contribution in [2.45, 2.75) is 38.3 Å². The average molecular weight is 276 g/mol. The Balaban J connectivity index is 1.64. The lowest BCUT2D eigenvalue weighted by molar-refractivity contribution is -0.131. The normalized spacial score (nSPS) is 21.6. The quantitative estimate of drug-likeness (QED) is 0.846. The van der Waals surface area contributed by atoms with Gasteiger partial charge in [-0.15, -0.1) is 0 Å². The van der Waals surface area contributed by atoms with Gasteiger partial charge in [0.15, 0.2) is 0 Å². The molecule has 1 amide bonds. The van der Waals surface area contributed by atoms with E-state index in [9.17, 15) is 9.18 Å². The maximum Gasteiger partial charge on any atom is 0.224 e. The zero-order chi connectivity index (χ0) is 13.9. The lowest BCUT2D eigenvalue weighted by atomic mass is 9.91. The first kappa shape index (κ1) is 13.6. The van der Waals surface area contributed by atoms with E-state index in [1.54, 1.807) is 17.0 Å². The van der Waals surface area contributed by atoms with Gasteiger partial charge in [0.05, 0.1) is 0 Å². The van der Waals surface area contributed by atoms with E-state index in [0.717, 1.165) is 13.1 Å². The number of carbonyl (C=O) groups excluding carboxylic acids is 1. The van der Waals surface area contributed by atoms with Crippen LogP contribution < -0.4 is 0 Å². The Morgan fingerprint density at radius 2 is 1.95 bits per heavy atom. The summed E-state index contributed by atoms with van der Waals surface area (Å²) in [6, 6.07) is 7.40. The van der Waals surface area contributed by atoms with Gasteiger partial charge in [0.2, 0.25) is 5.91 Å². The lowest BCUT2D eigenvalue weighted by Gasteiger charge is -2.36. The highest BCUT2D eigenvalue weighted by molar-refractivity contribution is 5.76. The Morgan fingerprint density at radius 3 is 2.65 bits per heavy atom. The molecule has 0 aromatic heterocycles. The molecule has 3 rings (SSSR count). The molecule has 20 heavy (non-hydrogen) atoms. The molecule has 0 spiro atoms. The van der Waals surface area contributed by atoms with Gasteiger partial charge in [0.25, 0.3) is 0 Å². The molecule has 0 radical (unpaired) electrons. The molecular formula is C16H21FN2O. The second-order valence-electron chi connectivity index (χ2n) is 5.78. The van der Waals surface area contributed by atoms with Crippen molar-refractivity contribution in [2.75, 3.05) is 19.6 Å². The summed E-state index contributed by atoms with van der Waals surface area (Å²) in [6.07, 6.45) is 4.40. The first-order valence-corrected chi connectivity index (χ1v) is 7.49. The summed E-state index contributed by atoms with van der Waals surface area (Å²) >= 11 is 0. The lowest BCUT2D eigenvalue weighted by Crippen LogP contribution is -2.42. The van der Waals surface area contributed by atoms with E-state index >= 15 is 0 Å². The number of halogens is 1. The van der Waals surface area contributed by atoms with Gasteiger partial charge in [-0.2, -0.15) is 0 Å². The summed E-state index contributed by atoms with van der Waals surface area (Å²) in [7, 11) is 0. The molecule has 3 nitrogen and oxygen atoms in total. The Bertz CT molecular complexity index is 487. The zero-order valence-electron chi connectivity index (χ0n) is 11.7. The molecule has 4 heteroatoms. The van der Waals surface area contributed by atoms with Crippen LogP contribution in [0.1, 0.15) is 31.2 Å². The Kier molecular flexibility index (Phi) is 4.01. The molecule has 0 N–H and O–H groups in total. The van der Waals surface area contributed by atoms with Gasteiger partial charge in [-0.3, -0.25) is 9.69 Å². The summed E-state index contributed by atoms with van der Waals surface area (Å²) in [5.41, 5.74) is 0.609. The van der Waals surface area contributed by atoms with Gasteiger partial charge in [-0.1, -0.05) is 24.6 Å². The van der Waals surface area contributed by atoms with Crippen molar-refractivity contribution in [1.82, 2.24) is 9.80 Å². The number of hydrogen-bond acceptors (Lipinski definition) is 2. The maximum absolute atomic E-state index is 13.7. The van der Waals surface area contributed by atoms with Gasteiger partial charge < -0.3 is 4.90 Å². The zero-order valence-corrected chi connectivity index (χ0v) is 11.7. The summed E-state index contributed by atoms with van der Waals surface area (Å²) in [6.45, 7) is 2.88. The fourth-order valence-corrected chi connectivity index (χ4v) is 3.00. The Morgan fingerprint density at radius 1 is 1.15 bits per heavy atom. The summed E-state index contributed by atoms with van der Waals surface area (Å²) in [5, 5.41) is 0. The molecule has 0 unspecified atom stereocenters. The molecular weight excluding hydrogens is 255 g/mol. The molecule has 1 heterocycles. The number of benzene rings is 1. The highest BCUT2D eigenvalue weighted by Crippen LogP contribution is 2.26. The van der Waals surface area contributed by atoms with Crippen molar-refractivity contribution < 1.29 is 9.18 Å². The van der Waals surface area contributed by atoms with E-state index < -0.39 is 0 Å². The van der Waals surface area contributed by atoms with Crippen molar-refractivity contribution in [3.8, 4) is 0 Å². The molecule has 0 bridgehead atoms. The van der Waals surface area contributed by atoms with Gasteiger partial charge in [-0.05, 0) is 18.9 Å². The minimum Gasteiger partial charge on any atom is -0.337 e. The minimum absolute atomic E-state index is 0.148. The molecule has 1 saturated carbocycles. The van der Waals surface area contributed by atoms with E-state index in [4.69, 9.17) is 0 Å². The van der Waals surface area contributed by atoms with E-state index in [-0.39, 0.29) is 11.7 Å². The van der Waals surface area contributed by atoms with Gasteiger partial charge in [0.1, 0.15) is 5.82 Å². The molecule has 1 aliphatic carbocycles.